The lowest BCUT2D eigenvalue weighted by Crippen LogP contribution is -2.44. The van der Waals surface area contributed by atoms with Crippen molar-refractivity contribution in [1.82, 2.24) is 4.98 Å². The number of aryl methyl sites for hydroxylation is 2. The second-order valence-electron chi connectivity index (χ2n) is 13.1. The molecule has 1 amide bonds. The van der Waals surface area contributed by atoms with Crippen molar-refractivity contribution in [2.75, 3.05) is 5.32 Å². The van der Waals surface area contributed by atoms with Crippen molar-refractivity contribution in [3.8, 4) is 5.75 Å². The maximum Gasteiger partial charge on any atom is 0.311 e. The van der Waals surface area contributed by atoms with E-state index >= 15 is 0 Å². The smallest absolute Gasteiger partial charge is 0.311 e. The minimum absolute atomic E-state index is 0.0120. The van der Waals surface area contributed by atoms with E-state index in [1.165, 1.54) is 48.1 Å². The molecule has 7 heteroatoms. The lowest BCUT2D eigenvalue weighted by Gasteiger charge is -2.50. The highest BCUT2D eigenvalue weighted by Gasteiger charge is 2.58. The lowest BCUT2D eigenvalue weighted by atomic mass is 9.54. The number of amides is 1. The molecule has 6 rings (SSSR count). The van der Waals surface area contributed by atoms with E-state index in [2.05, 4.69) is 29.4 Å². The highest BCUT2D eigenvalue weighted by Crippen LogP contribution is 2.62. The molecular formula is C33H42N2O4S. The van der Waals surface area contributed by atoms with E-state index in [0.29, 0.717) is 59.6 Å². The van der Waals surface area contributed by atoms with Gasteiger partial charge in [0, 0.05) is 35.8 Å². The van der Waals surface area contributed by atoms with Gasteiger partial charge in [-0.15, -0.1) is 11.3 Å². The monoisotopic (exact) mass is 562 g/mol. The van der Waals surface area contributed by atoms with Crippen molar-refractivity contribution >= 4 is 34.1 Å². The van der Waals surface area contributed by atoms with Crippen LogP contribution in [0.15, 0.2) is 24.4 Å². The van der Waals surface area contributed by atoms with E-state index in [1.54, 1.807) is 6.20 Å². The van der Waals surface area contributed by atoms with E-state index in [-0.39, 0.29) is 23.2 Å². The molecule has 1 aromatic heterocycles. The molecule has 214 valence electrons. The highest BCUT2D eigenvalue weighted by atomic mass is 32.1. The van der Waals surface area contributed by atoms with Gasteiger partial charge in [-0.3, -0.25) is 14.4 Å². The van der Waals surface area contributed by atoms with E-state index in [9.17, 15) is 14.4 Å². The third-order valence-electron chi connectivity index (χ3n) is 10.6. The molecule has 3 fully saturated rings. The number of ether oxygens (including phenoxy) is 1. The van der Waals surface area contributed by atoms with Gasteiger partial charge in [-0.25, -0.2) is 4.98 Å². The molecule has 40 heavy (non-hydrogen) atoms. The van der Waals surface area contributed by atoms with E-state index in [4.69, 9.17) is 4.74 Å². The summed E-state index contributed by atoms with van der Waals surface area (Å²) in [6, 6.07) is 6.25. The van der Waals surface area contributed by atoms with Gasteiger partial charge in [0.25, 0.3) is 0 Å². The first-order valence-corrected chi connectivity index (χ1v) is 16.2. The number of hydrogen-bond acceptors (Lipinski definition) is 6. The van der Waals surface area contributed by atoms with Crippen LogP contribution < -0.4 is 10.1 Å². The Bertz CT molecular complexity index is 1280. The molecule has 0 aliphatic heterocycles. The molecule has 4 aliphatic rings. The summed E-state index contributed by atoms with van der Waals surface area (Å²) in [5, 5.41) is 3.59. The number of Topliss-reactive ketones (excluding diaryl/α,β-unsaturated/α-hetero) is 1. The number of benzene rings is 1. The Morgan fingerprint density at radius 2 is 1.95 bits per heavy atom. The number of hydrogen-bond donors (Lipinski definition) is 1. The fraction of sp³-hybridized carbons (Fsp3) is 0.636. The zero-order valence-electron chi connectivity index (χ0n) is 23.9. The number of ketones is 1. The minimum atomic E-state index is -0.277. The molecule has 5 atom stereocenters. The first-order valence-electron chi connectivity index (χ1n) is 15.4. The Morgan fingerprint density at radius 1 is 1.12 bits per heavy atom. The van der Waals surface area contributed by atoms with Crippen molar-refractivity contribution in [1.29, 1.82) is 0 Å². The third kappa shape index (κ3) is 5.50. The lowest BCUT2D eigenvalue weighted by molar-refractivity contribution is -0.134. The maximum atomic E-state index is 13.3. The summed E-state index contributed by atoms with van der Waals surface area (Å²) in [6.07, 6.45) is 14.0. The van der Waals surface area contributed by atoms with E-state index in [1.807, 2.05) is 13.0 Å². The summed E-state index contributed by atoms with van der Waals surface area (Å²) in [4.78, 5) is 43.9. The summed E-state index contributed by atoms with van der Waals surface area (Å²) < 4.78 is 5.77. The molecule has 1 aromatic carbocycles. The number of carbonyl (C=O) groups excluding carboxylic acids is 3. The van der Waals surface area contributed by atoms with Crippen LogP contribution in [-0.4, -0.2) is 22.6 Å². The van der Waals surface area contributed by atoms with Crippen LogP contribution in [0, 0.1) is 36.0 Å². The highest BCUT2D eigenvalue weighted by molar-refractivity contribution is 7.15. The molecule has 2 aromatic rings. The fourth-order valence-corrected chi connectivity index (χ4v) is 9.34. The van der Waals surface area contributed by atoms with Gasteiger partial charge in [0.05, 0.1) is 0 Å². The van der Waals surface area contributed by atoms with Gasteiger partial charge in [0.15, 0.2) is 5.13 Å². The van der Waals surface area contributed by atoms with Gasteiger partial charge >= 0.3 is 5.97 Å². The van der Waals surface area contributed by atoms with E-state index < -0.39 is 0 Å². The standard InChI is InChI=1S/C33H42N2O4S/c1-20-19-34-32(40-20)35-29(37)13-9-23-18-28(36)33(2)16-15-26-25-12-10-24(17-22(25)8-11-27(26)31(23)33)39-30(38)14-7-21-5-3-4-6-21/h10,12,17,19,21,23,26-27,31H,3-9,11,13-16,18H2,1-2H3,(H,34,35,37)/t23-,26?,27?,31?,33-/m1/s1. The molecule has 3 unspecified atom stereocenters. The molecule has 0 spiro atoms. The molecule has 1 N–H and O–H groups in total. The topological polar surface area (TPSA) is 85.4 Å². The Kier molecular flexibility index (Phi) is 7.86. The molecular weight excluding hydrogens is 520 g/mol. The second-order valence-corrected chi connectivity index (χ2v) is 14.3. The van der Waals surface area contributed by atoms with Crippen molar-refractivity contribution in [2.24, 2.45) is 29.1 Å². The number of fused-ring (bicyclic) bond motifs is 5. The van der Waals surface area contributed by atoms with Crippen molar-refractivity contribution in [2.45, 2.75) is 103 Å². The van der Waals surface area contributed by atoms with E-state index in [0.717, 1.165) is 43.4 Å². The van der Waals surface area contributed by atoms with Crippen LogP contribution in [0.5, 0.6) is 5.75 Å². The van der Waals surface area contributed by atoms with Crippen LogP contribution in [0.3, 0.4) is 0 Å². The Labute approximate surface area is 241 Å². The summed E-state index contributed by atoms with van der Waals surface area (Å²) >= 11 is 1.49. The predicted molar refractivity (Wildman–Crippen MR) is 156 cm³/mol. The van der Waals surface area contributed by atoms with Gasteiger partial charge in [-0.05, 0) is 98.3 Å². The van der Waals surface area contributed by atoms with Crippen molar-refractivity contribution in [3.05, 3.63) is 40.4 Å². The SMILES string of the molecule is Cc1cnc(NC(=O)CC[C@@H]2CC(=O)[C@@]3(C)CCC4c5ccc(OC(=O)CCC6CCCC6)cc5CCC4C23)s1. The zero-order valence-corrected chi connectivity index (χ0v) is 24.7. The minimum Gasteiger partial charge on any atom is -0.427 e. The maximum absolute atomic E-state index is 13.3. The van der Waals surface area contributed by atoms with Crippen LogP contribution in [-0.2, 0) is 20.8 Å². The molecule has 4 aliphatic carbocycles. The number of nitrogens with zero attached hydrogens (tertiary/aromatic N) is 1. The number of thiazole rings is 1. The van der Waals surface area contributed by atoms with Crippen LogP contribution in [0.2, 0.25) is 0 Å². The van der Waals surface area contributed by atoms with Gasteiger partial charge in [0.2, 0.25) is 5.91 Å². The second kappa shape index (κ2) is 11.4. The molecule has 0 saturated heterocycles. The number of esters is 1. The van der Waals surface area contributed by atoms with Gasteiger partial charge < -0.3 is 10.1 Å². The zero-order chi connectivity index (χ0) is 27.9. The van der Waals surface area contributed by atoms with Gasteiger partial charge in [-0.1, -0.05) is 38.7 Å². The third-order valence-corrected chi connectivity index (χ3v) is 11.4. The summed E-state index contributed by atoms with van der Waals surface area (Å²) in [6.45, 7) is 4.17. The Balaban J connectivity index is 1.11. The quantitative estimate of drug-likeness (QED) is 0.268. The van der Waals surface area contributed by atoms with Crippen LogP contribution in [0.1, 0.15) is 106 Å². The number of anilines is 1. The Hall–Kier alpha value is -2.54. The number of rotatable bonds is 8. The number of carbonyl (C=O) groups is 3. The first-order chi connectivity index (χ1) is 19.3. The number of nitrogens with one attached hydrogen (secondary N) is 1. The fourth-order valence-electron chi connectivity index (χ4n) is 8.66. The van der Waals surface area contributed by atoms with Crippen LogP contribution in [0.25, 0.3) is 0 Å². The molecule has 1 heterocycles. The number of aromatic nitrogens is 1. The predicted octanol–water partition coefficient (Wildman–Crippen LogP) is 7.40. The van der Waals surface area contributed by atoms with Crippen molar-refractivity contribution in [3.63, 3.8) is 0 Å². The normalized spacial score (nSPS) is 29.5. The Morgan fingerprint density at radius 3 is 2.73 bits per heavy atom. The van der Waals surface area contributed by atoms with Crippen LogP contribution >= 0.6 is 11.3 Å². The van der Waals surface area contributed by atoms with Gasteiger partial charge in [-0.2, -0.15) is 0 Å². The summed E-state index contributed by atoms with van der Waals surface area (Å²) in [7, 11) is 0. The summed E-state index contributed by atoms with van der Waals surface area (Å²) in [5.74, 6) is 3.06. The largest absolute Gasteiger partial charge is 0.427 e. The van der Waals surface area contributed by atoms with Gasteiger partial charge in [0.1, 0.15) is 11.5 Å². The average Bonchev–Trinajstić information content (AvgIpc) is 3.66. The first kappa shape index (κ1) is 27.6. The molecule has 0 bridgehead atoms. The molecule has 0 radical (unpaired) electrons. The average molecular weight is 563 g/mol. The van der Waals surface area contributed by atoms with Crippen LogP contribution in [0.4, 0.5) is 5.13 Å². The molecule has 3 saturated carbocycles. The molecule has 6 nitrogen and oxygen atoms in total. The summed E-state index contributed by atoms with van der Waals surface area (Å²) in [5.41, 5.74) is 2.39. The van der Waals surface area contributed by atoms with Crippen molar-refractivity contribution < 1.29 is 19.1 Å².